The molecule has 0 bridgehead atoms. The first kappa shape index (κ1) is 20.3. The van der Waals surface area contributed by atoms with Crippen molar-refractivity contribution in [1.29, 1.82) is 5.41 Å². The number of pyridine rings is 1. The van der Waals surface area contributed by atoms with Gasteiger partial charge in [0.05, 0.1) is 31.5 Å². The second kappa shape index (κ2) is 8.44. The first-order chi connectivity index (χ1) is 14.5. The van der Waals surface area contributed by atoms with Crippen LogP contribution in [0.1, 0.15) is 30.9 Å². The molecule has 158 valence electrons. The van der Waals surface area contributed by atoms with Gasteiger partial charge in [0.2, 0.25) is 0 Å². The number of nitrogens with one attached hydrogen (secondary N) is 4. The van der Waals surface area contributed by atoms with Crippen molar-refractivity contribution >= 4 is 23.7 Å². The Morgan fingerprint density at radius 2 is 2.40 bits per heavy atom. The molecule has 3 atom stereocenters. The molecule has 2 fully saturated rings. The lowest BCUT2D eigenvalue weighted by molar-refractivity contribution is 0.00686. The maximum Gasteiger partial charge on any atom is 0.143 e. The molecule has 9 nitrogen and oxygen atoms in total. The van der Waals surface area contributed by atoms with Gasteiger partial charge in [0.1, 0.15) is 23.1 Å². The highest BCUT2D eigenvalue weighted by Gasteiger charge is 2.37. The number of β-amino-alcohol motifs (C(OH)–C–C–N with tert-alkyl or cyclic N) is 1. The SMILES string of the molecule is C#CC1CCC(O)(c2cc(N3CCOC[C@H]3C)nc(Nc3ccn[nH]3)c2C=N)CN1. The summed E-state index contributed by atoms with van der Waals surface area (Å²) in [7, 11) is 0. The van der Waals surface area contributed by atoms with E-state index in [-0.39, 0.29) is 12.1 Å². The Morgan fingerprint density at radius 3 is 3.03 bits per heavy atom. The van der Waals surface area contributed by atoms with Crippen LogP contribution in [0.5, 0.6) is 0 Å². The molecule has 2 aromatic heterocycles. The summed E-state index contributed by atoms with van der Waals surface area (Å²) < 4.78 is 5.57. The van der Waals surface area contributed by atoms with E-state index >= 15 is 0 Å². The highest BCUT2D eigenvalue weighted by atomic mass is 16.5. The summed E-state index contributed by atoms with van der Waals surface area (Å²) >= 11 is 0. The largest absolute Gasteiger partial charge is 0.384 e. The minimum Gasteiger partial charge on any atom is -0.384 e. The Bertz CT molecular complexity index is 930. The summed E-state index contributed by atoms with van der Waals surface area (Å²) in [5.41, 5.74) is 0.0432. The summed E-state index contributed by atoms with van der Waals surface area (Å²) in [5.74, 6) is 4.59. The van der Waals surface area contributed by atoms with Gasteiger partial charge in [-0.3, -0.25) is 5.10 Å². The van der Waals surface area contributed by atoms with E-state index in [1.54, 1.807) is 12.3 Å². The number of hydrogen-bond donors (Lipinski definition) is 5. The van der Waals surface area contributed by atoms with Crippen LogP contribution < -0.4 is 15.5 Å². The van der Waals surface area contributed by atoms with Crippen molar-refractivity contribution in [2.24, 2.45) is 0 Å². The predicted molar refractivity (Wildman–Crippen MR) is 115 cm³/mol. The van der Waals surface area contributed by atoms with E-state index in [9.17, 15) is 5.11 Å². The molecule has 2 aliphatic rings. The van der Waals surface area contributed by atoms with Crippen molar-refractivity contribution in [3.8, 4) is 12.3 Å². The molecule has 0 saturated carbocycles. The fourth-order valence-electron chi connectivity index (χ4n) is 4.07. The summed E-state index contributed by atoms with van der Waals surface area (Å²) in [6.07, 6.45) is 9.57. The highest BCUT2D eigenvalue weighted by molar-refractivity contribution is 5.89. The first-order valence-corrected chi connectivity index (χ1v) is 10.1. The molecular formula is C21H27N7O2. The van der Waals surface area contributed by atoms with Gasteiger partial charge in [-0.05, 0) is 25.8 Å². The average molecular weight is 409 g/mol. The van der Waals surface area contributed by atoms with Gasteiger partial charge >= 0.3 is 0 Å². The second-order valence-corrected chi connectivity index (χ2v) is 7.82. The fraction of sp³-hybridized carbons (Fsp3) is 0.476. The molecule has 2 aliphatic heterocycles. The minimum absolute atomic E-state index is 0.0585. The number of H-pyrrole nitrogens is 1. The standard InChI is InChI=1S/C21H27N7O2/c1-3-15-4-6-21(29,13-23-15)17-10-19(28-8-9-30-12-14(28)2)26-20(16(17)11-22)25-18-5-7-24-27-18/h1,5,7,10-11,14-15,22-23,29H,4,6,8-9,12-13H2,2H3,(H2,24,25,26,27)/t14-,15?,21?/m1/s1. The number of aromatic nitrogens is 3. The average Bonchev–Trinajstić information content (AvgIpc) is 3.27. The number of aromatic amines is 1. The Hall–Kier alpha value is -2.93. The second-order valence-electron chi connectivity index (χ2n) is 7.82. The maximum absolute atomic E-state index is 11.6. The van der Waals surface area contributed by atoms with Gasteiger partial charge in [-0.15, -0.1) is 6.42 Å². The third-order valence-corrected chi connectivity index (χ3v) is 5.80. The number of aliphatic hydroxyl groups is 1. The van der Waals surface area contributed by atoms with Crippen LogP contribution in [0, 0.1) is 17.8 Å². The zero-order chi connectivity index (χ0) is 21.1. The monoisotopic (exact) mass is 409 g/mol. The number of rotatable bonds is 5. The van der Waals surface area contributed by atoms with Crippen molar-refractivity contribution < 1.29 is 9.84 Å². The summed E-state index contributed by atoms with van der Waals surface area (Å²) in [4.78, 5) is 6.98. The Balaban J connectivity index is 1.79. The summed E-state index contributed by atoms with van der Waals surface area (Å²) in [5, 5.41) is 32.9. The molecule has 0 amide bonds. The van der Waals surface area contributed by atoms with Gasteiger partial charge in [-0.25, -0.2) is 4.98 Å². The van der Waals surface area contributed by atoms with Crippen LogP contribution in [-0.4, -0.2) is 64.9 Å². The molecule has 2 aromatic rings. The van der Waals surface area contributed by atoms with Crippen LogP contribution >= 0.6 is 0 Å². The van der Waals surface area contributed by atoms with E-state index in [2.05, 4.69) is 38.6 Å². The third kappa shape index (κ3) is 3.89. The highest BCUT2D eigenvalue weighted by Crippen LogP contribution is 2.37. The van der Waals surface area contributed by atoms with Crippen LogP contribution in [0.4, 0.5) is 17.5 Å². The van der Waals surface area contributed by atoms with Crippen LogP contribution in [0.3, 0.4) is 0 Å². The molecule has 0 aliphatic carbocycles. The number of terminal acetylenes is 1. The first-order valence-electron chi connectivity index (χ1n) is 10.1. The summed E-state index contributed by atoms with van der Waals surface area (Å²) in [6.45, 7) is 4.33. The molecule has 0 radical (unpaired) electrons. The lowest BCUT2D eigenvalue weighted by atomic mass is 9.82. The third-order valence-electron chi connectivity index (χ3n) is 5.80. The van der Waals surface area contributed by atoms with E-state index in [1.165, 1.54) is 6.21 Å². The molecule has 2 unspecified atom stereocenters. The van der Waals surface area contributed by atoms with Gasteiger partial charge in [-0.2, -0.15) is 5.10 Å². The quantitative estimate of drug-likeness (QED) is 0.373. The number of anilines is 3. The van der Waals surface area contributed by atoms with Crippen LogP contribution in [-0.2, 0) is 10.3 Å². The Kier molecular flexibility index (Phi) is 5.72. The van der Waals surface area contributed by atoms with E-state index in [1.807, 2.05) is 6.07 Å². The molecule has 4 heterocycles. The molecular weight excluding hydrogens is 382 g/mol. The molecule has 0 aromatic carbocycles. The van der Waals surface area contributed by atoms with Crippen LogP contribution in [0.2, 0.25) is 0 Å². The molecule has 9 heteroatoms. The zero-order valence-electron chi connectivity index (χ0n) is 17.0. The van der Waals surface area contributed by atoms with Crippen molar-refractivity contribution in [2.45, 2.75) is 37.5 Å². The lowest BCUT2D eigenvalue weighted by Crippen LogP contribution is -2.49. The smallest absolute Gasteiger partial charge is 0.143 e. The number of hydrogen-bond acceptors (Lipinski definition) is 8. The van der Waals surface area contributed by atoms with Gasteiger partial charge in [0.25, 0.3) is 0 Å². The molecule has 0 spiro atoms. The van der Waals surface area contributed by atoms with Gasteiger partial charge in [0.15, 0.2) is 0 Å². The number of morpholine rings is 1. The number of piperidine rings is 1. The normalized spacial score (nSPS) is 26.8. The van der Waals surface area contributed by atoms with Crippen molar-refractivity contribution in [1.82, 2.24) is 20.5 Å². The number of ether oxygens (including phenoxy) is 1. The molecule has 30 heavy (non-hydrogen) atoms. The van der Waals surface area contributed by atoms with E-state index < -0.39 is 5.60 Å². The van der Waals surface area contributed by atoms with Crippen molar-refractivity contribution in [3.63, 3.8) is 0 Å². The van der Waals surface area contributed by atoms with Crippen LogP contribution in [0.25, 0.3) is 0 Å². The van der Waals surface area contributed by atoms with Gasteiger partial charge in [-0.1, -0.05) is 5.92 Å². The lowest BCUT2D eigenvalue weighted by Gasteiger charge is -2.39. The van der Waals surface area contributed by atoms with Gasteiger partial charge in [0, 0.05) is 36.5 Å². The topological polar surface area (TPSA) is 122 Å². The summed E-state index contributed by atoms with van der Waals surface area (Å²) in [6, 6.07) is 3.78. The Morgan fingerprint density at radius 1 is 1.53 bits per heavy atom. The van der Waals surface area contributed by atoms with Crippen molar-refractivity contribution in [3.05, 3.63) is 29.5 Å². The predicted octanol–water partition coefficient (Wildman–Crippen LogP) is 1.34. The minimum atomic E-state index is -1.15. The maximum atomic E-state index is 11.6. The molecule has 5 N–H and O–H groups in total. The zero-order valence-corrected chi connectivity index (χ0v) is 17.0. The van der Waals surface area contributed by atoms with Crippen LogP contribution in [0.15, 0.2) is 18.3 Å². The van der Waals surface area contributed by atoms with E-state index in [0.29, 0.717) is 61.9 Å². The fourth-order valence-corrected chi connectivity index (χ4v) is 4.07. The number of nitrogens with zero attached hydrogens (tertiary/aromatic N) is 3. The van der Waals surface area contributed by atoms with E-state index in [4.69, 9.17) is 21.6 Å². The van der Waals surface area contributed by atoms with Gasteiger partial charge < -0.3 is 30.8 Å². The Labute approximate surface area is 175 Å². The molecule has 2 saturated heterocycles. The van der Waals surface area contributed by atoms with Crippen molar-refractivity contribution in [2.75, 3.05) is 36.5 Å². The van der Waals surface area contributed by atoms with E-state index in [0.717, 1.165) is 5.82 Å². The molecule has 4 rings (SSSR count).